The fraction of sp³-hybridized carbons (Fsp3) is 0.125. The summed E-state index contributed by atoms with van der Waals surface area (Å²) in [6, 6.07) is 4.35. The monoisotopic (exact) mass is 470 g/mol. The number of nitro benzene ring substituents is 1. The van der Waals surface area contributed by atoms with Crippen LogP contribution in [-0.4, -0.2) is 23.4 Å². The number of ether oxygens (including phenoxy) is 1. The van der Waals surface area contributed by atoms with E-state index in [1.165, 1.54) is 12.1 Å². The molecule has 0 aromatic heterocycles. The number of amides is 1. The maximum atomic E-state index is 13.1. The number of hydrogen-bond acceptors (Lipinski definition) is 5. The molecule has 2 rings (SSSR count). The normalized spacial score (nSPS) is 11.1. The van der Waals surface area contributed by atoms with Crippen molar-refractivity contribution in [2.75, 3.05) is 11.9 Å². The number of halogens is 6. The van der Waals surface area contributed by atoms with Gasteiger partial charge in [0.2, 0.25) is 0 Å². The zero-order chi connectivity index (χ0) is 21.9. The van der Waals surface area contributed by atoms with E-state index in [0.29, 0.717) is 6.07 Å². The number of nitrogens with one attached hydrogen (secondary N) is 1. The molecule has 0 atom stereocenters. The first-order valence-electron chi connectivity index (χ1n) is 7.38. The highest BCUT2D eigenvalue weighted by molar-refractivity contribution is 6.46. The van der Waals surface area contributed by atoms with Crippen LogP contribution in [0.4, 0.5) is 24.5 Å². The number of carbonyl (C=O) groups excluding carboxylic acids is 2. The highest BCUT2D eigenvalue weighted by Crippen LogP contribution is 2.37. The van der Waals surface area contributed by atoms with Crippen LogP contribution >= 0.6 is 34.8 Å². The Morgan fingerprint density at radius 1 is 1.10 bits per heavy atom. The lowest BCUT2D eigenvalue weighted by Gasteiger charge is -2.14. The smallest absolute Gasteiger partial charge is 0.418 e. The van der Waals surface area contributed by atoms with Gasteiger partial charge in [-0.05, 0) is 18.2 Å². The third-order valence-electron chi connectivity index (χ3n) is 3.38. The lowest BCUT2D eigenvalue weighted by Crippen LogP contribution is -2.23. The number of anilines is 1. The van der Waals surface area contributed by atoms with E-state index in [2.05, 4.69) is 0 Å². The number of nitro groups is 1. The maximum Gasteiger partial charge on any atom is 0.418 e. The third kappa shape index (κ3) is 5.49. The molecule has 0 spiro atoms. The van der Waals surface area contributed by atoms with Crippen molar-refractivity contribution in [3.63, 3.8) is 0 Å². The molecule has 13 heteroatoms. The van der Waals surface area contributed by atoms with E-state index in [1.54, 1.807) is 0 Å². The van der Waals surface area contributed by atoms with E-state index < -0.39 is 46.5 Å². The van der Waals surface area contributed by atoms with Crippen LogP contribution in [0.15, 0.2) is 30.3 Å². The summed E-state index contributed by atoms with van der Waals surface area (Å²) in [7, 11) is 0. The summed E-state index contributed by atoms with van der Waals surface area (Å²) in [5, 5.41) is 12.2. The number of rotatable bonds is 5. The first-order valence-corrected chi connectivity index (χ1v) is 8.51. The van der Waals surface area contributed by atoms with Crippen molar-refractivity contribution in [2.45, 2.75) is 6.18 Å². The summed E-state index contributed by atoms with van der Waals surface area (Å²) in [5.41, 5.74) is -3.32. The van der Waals surface area contributed by atoms with E-state index in [-0.39, 0.29) is 26.7 Å². The minimum Gasteiger partial charge on any atom is -0.452 e. The van der Waals surface area contributed by atoms with Crippen molar-refractivity contribution in [2.24, 2.45) is 0 Å². The van der Waals surface area contributed by atoms with Crippen LogP contribution in [0.2, 0.25) is 15.1 Å². The maximum absolute atomic E-state index is 13.1. The second-order valence-corrected chi connectivity index (χ2v) is 6.52. The van der Waals surface area contributed by atoms with Crippen LogP contribution in [-0.2, 0) is 15.7 Å². The summed E-state index contributed by atoms with van der Waals surface area (Å²) in [6.07, 6.45) is -4.98. The molecule has 2 aromatic rings. The van der Waals surface area contributed by atoms with E-state index >= 15 is 0 Å². The summed E-state index contributed by atoms with van der Waals surface area (Å²) in [4.78, 5) is 33.6. The lowest BCUT2D eigenvalue weighted by molar-refractivity contribution is -0.385. The number of benzene rings is 2. The van der Waals surface area contributed by atoms with Crippen LogP contribution < -0.4 is 5.32 Å². The van der Waals surface area contributed by atoms with E-state index in [9.17, 15) is 32.9 Å². The fourth-order valence-electron chi connectivity index (χ4n) is 2.09. The molecular formula is C16H8Cl3F3N2O5. The van der Waals surface area contributed by atoms with Gasteiger partial charge < -0.3 is 10.1 Å². The predicted molar refractivity (Wildman–Crippen MR) is 98.5 cm³/mol. The number of carbonyl (C=O) groups is 2. The van der Waals surface area contributed by atoms with Gasteiger partial charge in [-0.25, -0.2) is 4.79 Å². The third-order valence-corrected chi connectivity index (χ3v) is 4.50. The Kier molecular flexibility index (Phi) is 6.93. The molecular weight excluding hydrogens is 464 g/mol. The van der Waals surface area contributed by atoms with Gasteiger partial charge in [0.25, 0.3) is 11.6 Å². The van der Waals surface area contributed by atoms with Gasteiger partial charge in [-0.1, -0.05) is 34.8 Å². The molecule has 0 aliphatic heterocycles. The Morgan fingerprint density at radius 3 is 2.31 bits per heavy atom. The lowest BCUT2D eigenvalue weighted by atomic mass is 10.1. The van der Waals surface area contributed by atoms with Gasteiger partial charge in [0, 0.05) is 12.1 Å². The summed E-state index contributed by atoms with van der Waals surface area (Å²) in [6.45, 7) is -0.980. The summed E-state index contributed by atoms with van der Waals surface area (Å²) < 4.78 is 44.0. The molecule has 29 heavy (non-hydrogen) atoms. The molecule has 154 valence electrons. The van der Waals surface area contributed by atoms with Crippen molar-refractivity contribution < 1.29 is 32.4 Å². The SMILES string of the molecule is O=C(COC(=O)c1c(Cl)ccc(Cl)c1Cl)Nc1ccc([N+](=O)[O-])cc1C(F)(F)F. The van der Waals surface area contributed by atoms with Crippen LogP contribution in [0.5, 0.6) is 0 Å². The Hall–Kier alpha value is -2.56. The number of nitrogens with zero attached hydrogens (tertiary/aromatic N) is 1. The molecule has 0 radical (unpaired) electrons. The highest BCUT2D eigenvalue weighted by Gasteiger charge is 2.35. The molecule has 0 saturated carbocycles. The van der Waals surface area contributed by atoms with Crippen molar-refractivity contribution >= 4 is 58.1 Å². The molecule has 0 bridgehead atoms. The molecule has 0 fully saturated rings. The van der Waals surface area contributed by atoms with Crippen LogP contribution in [0.1, 0.15) is 15.9 Å². The highest BCUT2D eigenvalue weighted by atomic mass is 35.5. The van der Waals surface area contributed by atoms with Crippen molar-refractivity contribution in [3.05, 3.63) is 66.6 Å². The minimum atomic E-state index is -4.98. The zero-order valence-electron chi connectivity index (χ0n) is 13.9. The molecule has 0 aliphatic rings. The topological polar surface area (TPSA) is 98.5 Å². The van der Waals surface area contributed by atoms with Gasteiger partial charge in [-0.3, -0.25) is 14.9 Å². The van der Waals surface area contributed by atoms with Crippen molar-refractivity contribution in [1.82, 2.24) is 0 Å². The average molecular weight is 472 g/mol. The molecule has 0 heterocycles. The minimum absolute atomic E-state index is 0.00633. The average Bonchev–Trinajstić information content (AvgIpc) is 2.62. The number of esters is 1. The largest absolute Gasteiger partial charge is 0.452 e. The molecule has 7 nitrogen and oxygen atoms in total. The van der Waals surface area contributed by atoms with E-state index in [4.69, 9.17) is 39.5 Å². The molecule has 1 amide bonds. The quantitative estimate of drug-likeness (QED) is 0.274. The van der Waals surface area contributed by atoms with E-state index in [0.717, 1.165) is 6.07 Å². The number of non-ortho nitro benzene ring substituents is 1. The fourth-order valence-corrected chi connectivity index (χ4v) is 2.78. The van der Waals surface area contributed by atoms with Gasteiger partial charge in [0.15, 0.2) is 6.61 Å². The molecule has 0 aliphatic carbocycles. The first kappa shape index (κ1) is 22.7. The van der Waals surface area contributed by atoms with Crippen LogP contribution in [0.3, 0.4) is 0 Å². The second-order valence-electron chi connectivity index (χ2n) is 5.33. The van der Waals surface area contributed by atoms with Gasteiger partial charge in [0.05, 0.1) is 36.8 Å². The van der Waals surface area contributed by atoms with Gasteiger partial charge in [-0.15, -0.1) is 0 Å². The van der Waals surface area contributed by atoms with Crippen molar-refractivity contribution in [1.29, 1.82) is 0 Å². The second kappa shape index (κ2) is 8.85. The number of hydrogen-bond donors (Lipinski definition) is 1. The molecule has 0 unspecified atom stereocenters. The Morgan fingerprint density at radius 2 is 1.72 bits per heavy atom. The zero-order valence-corrected chi connectivity index (χ0v) is 16.1. The molecule has 2 aromatic carbocycles. The Bertz CT molecular complexity index is 998. The standard InChI is InChI=1S/C16H8Cl3F3N2O5/c17-9-2-3-10(18)14(19)13(9)15(26)29-6-12(25)23-11-4-1-7(24(27)28)5-8(11)16(20,21)22/h1-5H,6H2,(H,23,25). The summed E-state index contributed by atoms with van der Waals surface area (Å²) in [5.74, 6) is -2.26. The Labute approximate surface area is 175 Å². The Balaban J connectivity index is 2.15. The summed E-state index contributed by atoms with van der Waals surface area (Å²) >= 11 is 17.4. The number of alkyl halides is 3. The van der Waals surface area contributed by atoms with Crippen LogP contribution in [0, 0.1) is 10.1 Å². The predicted octanol–water partition coefficient (Wildman–Crippen LogP) is 5.37. The van der Waals surface area contributed by atoms with Gasteiger partial charge in [0.1, 0.15) is 0 Å². The molecule has 0 saturated heterocycles. The van der Waals surface area contributed by atoms with Gasteiger partial charge in [-0.2, -0.15) is 13.2 Å². The first-order chi connectivity index (χ1) is 13.4. The van der Waals surface area contributed by atoms with Crippen molar-refractivity contribution in [3.8, 4) is 0 Å². The van der Waals surface area contributed by atoms with Gasteiger partial charge >= 0.3 is 12.1 Å². The van der Waals surface area contributed by atoms with E-state index in [1.807, 2.05) is 5.32 Å². The van der Waals surface area contributed by atoms with Crippen LogP contribution in [0.25, 0.3) is 0 Å². The molecule has 1 N–H and O–H groups in total.